The summed E-state index contributed by atoms with van der Waals surface area (Å²) in [5, 5.41) is 4.03. The Labute approximate surface area is 192 Å². The summed E-state index contributed by atoms with van der Waals surface area (Å²) in [5.41, 5.74) is 3.70. The molecule has 0 spiro atoms. The Morgan fingerprint density at radius 1 is 1.18 bits per heavy atom. The van der Waals surface area contributed by atoms with Crippen LogP contribution in [0.4, 0.5) is 10.5 Å². The van der Waals surface area contributed by atoms with Gasteiger partial charge in [0, 0.05) is 55.9 Å². The van der Waals surface area contributed by atoms with Crippen molar-refractivity contribution >= 4 is 39.6 Å². The Balaban J connectivity index is 1.27. The maximum atomic E-state index is 13.0. The number of anilines is 1. The molecule has 0 radical (unpaired) electrons. The lowest BCUT2D eigenvalue weighted by molar-refractivity contribution is -0.129. The van der Waals surface area contributed by atoms with Gasteiger partial charge in [-0.2, -0.15) is 0 Å². The van der Waals surface area contributed by atoms with Gasteiger partial charge in [0.15, 0.2) is 0 Å². The number of benzene rings is 2. The summed E-state index contributed by atoms with van der Waals surface area (Å²) in [5.74, 6) is 1.18. The predicted octanol–water partition coefficient (Wildman–Crippen LogP) is 4.02. The van der Waals surface area contributed by atoms with E-state index in [0.717, 1.165) is 52.8 Å². The van der Waals surface area contributed by atoms with Gasteiger partial charge in [-0.15, -0.1) is 0 Å². The summed E-state index contributed by atoms with van der Waals surface area (Å²) in [6.45, 7) is 1.66. The van der Waals surface area contributed by atoms with Gasteiger partial charge in [-0.25, -0.2) is 9.78 Å². The number of rotatable bonds is 4. The number of likely N-dealkylation sites (tertiary alicyclic amines) is 1. The molecule has 1 saturated heterocycles. The van der Waals surface area contributed by atoms with Crippen molar-refractivity contribution in [2.24, 2.45) is 0 Å². The highest BCUT2D eigenvalue weighted by Crippen LogP contribution is 2.27. The number of piperidine rings is 1. The number of fused-ring (bicyclic) bond motifs is 2. The summed E-state index contributed by atoms with van der Waals surface area (Å²) in [7, 11) is 3.50. The van der Waals surface area contributed by atoms with E-state index in [2.05, 4.69) is 10.3 Å². The Bertz CT molecular complexity index is 1290. The summed E-state index contributed by atoms with van der Waals surface area (Å²) in [6, 6.07) is 15.7. The number of carbonyl (C=O) groups excluding carboxylic acids is 2. The van der Waals surface area contributed by atoms with Gasteiger partial charge in [0.25, 0.3) is 0 Å². The molecule has 8 nitrogen and oxygen atoms in total. The van der Waals surface area contributed by atoms with E-state index in [4.69, 9.17) is 4.98 Å². The second-order valence-corrected chi connectivity index (χ2v) is 8.86. The minimum atomic E-state index is -0.0996. The topological polar surface area (TPSA) is 86.3 Å². The number of carbonyl (C=O) groups is 2. The number of hydrogen-bond donors (Lipinski definition) is 2. The molecule has 0 aliphatic carbocycles. The van der Waals surface area contributed by atoms with E-state index in [0.29, 0.717) is 13.1 Å². The van der Waals surface area contributed by atoms with Crippen LogP contribution in [0, 0.1) is 0 Å². The zero-order valence-corrected chi connectivity index (χ0v) is 18.9. The van der Waals surface area contributed by atoms with E-state index < -0.39 is 0 Å². The Kier molecular flexibility index (Phi) is 5.50. The lowest BCUT2D eigenvalue weighted by Gasteiger charge is -2.31. The molecule has 33 heavy (non-hydrogen) atoms. The van der Waals surface area contributed by atoms with E-state index in [1.54, 1.807) is 19.0 Å². The van der Waals surface area contributed by atoms with Crippen LogP contribution in [-0.2, 0) is 11.3 Å². The second kappa shape index (κ2) is 8.61. The van der Waals surface area contributed by atoms with Crippen molar-refractivity contribution in [3.05, 3.63) is 60.6 Å². The molecule has 1 atom stereocenters. The zero-order valence-electron chi connectivity index (χ0n) is 18.9. The van der Waals surface area contributed by atoms with Crippen molar-refractivity contribution in [1.29, 1.82) is 0 Å². The van der Waals surface area contributed by atoms with Crippen LogP contribution in [0.15, 0.2) is 54.7 Å². The van der Waals surface area contributed by atoms with Crippen molar-refractivity contribution in [3.63, 3.8) is 0 Å². The molecule has 1 aliphatic rings. The molecule has 3 heterocycles. The fraction of sp³-hybridized carbons (Fsp3) is 0.320. The van der Waals surface area contributed by atoms with Gasteiger partial charge >= 0.3 is 6.03 Å². The maximum Gasteiger partial charge on any atom is 0.321 e. The zero-order chi connectivity index (χ0) is 22.9. The van der Waals surface area contributed by atoms with E-state index in [1.807, 2.05) is 64.2 Å². The standard InChI is InChI=1S/C25H28N6O2/c1-29(2)23(32)16-30-13-11-17-14-19(9-10-22(17)30)26-25(33)31-12-5-6-18(15-31)24-27-20-7-3-4-8-21(20)28-24/h3-4,7-11,13-14,18H,5-6,12,15-16H2,1-2H3,(H,26,33)(H,27,28). The monoisotopic (exact) mass is 444 g/mol. The molecule has 2 N–H and O–H groups in total. The number of likely N-dealkylation sites (N-methyl/N-ethyl adjacent to an activating group) is 1. The van der Waals surface area contributed by atoms with Crippen LogP contribution in [0.1, 0.15) is 24.6 Å². The second-order valence-electron chi connectivity index (χ2n) is 8.86. The number of nitrogens with one attached hydrogen (secondary N) is 2. The number of amides is 3. The van der Waals surface area contributed by atoms with Gasteiger partial charge < -0.3 is 24.7 Å². The molecule has 5 rings (SSSR count). The number of H-pyrrole nitrogens is 1. The third kappa shape index (κ3) is 4.28. The first-order chi connectivity index (χ1) is 16.0. The molecule has 8 heteroatoms. The fourth-order valence-corrected chi connectivity index (χ4v) is 4.46. The minimum absolute atomic E-state index is 0.0361. The Morgan fingerprint density at radius 3 is 2.85 bits per heavy atom. The van der Waals surface area contributed by atoms with Crippen LogP contribution in [0.5, 0.6) is 0 Å². The number of aromatic amines is 1. The Hall–Kier alpha value is -3.81. The van der Waals surface area contributed by atoms with Crippen molar-refractivity contribution in [2.75, 3.05) is 32.5 Å². The first-order valence-corrected chi connectivity index (χ1v) is 11.3. The maximum absolute atomic E-state index is 13.0. The van der Waals surface area contributed by atoms with Crippen LogP contribution >= 0.6 is 0 Å². The number of imidazole rings is 1. The molecule has 0 saturated carbocycles. The highest BCUT2D eigenvalue weighted by molar-refractivity contribution is 5.93. The van der Waals surface area contributed by atoms with Gasteiger partial charge in [-0.1, -0.05) is 12.1 Å². The smallest absolute Gasteiger partial charge is 0.321 e. The van der Waals surface area contributed by atoms with Gasteiger partial charge in [-0.3, -0.25) is 4.79 Å². The van der Waals surface area contributed by atoms with E-state index in [1.165, 1.54) is 0 Å². The van der Waals surface area contributed by atoms with Gasteiger partial charge in [0.2, 0.25) is 5.91 Å². The van der Waals surface area contributed by atoms with Crippen LogP contribution < -0.4 is 5.32 Å². The number of para-hydroxylation sites is 2. The van der Waals surface area contributed by atoms with Crippen LogP contribution in [0.3, 0.4) is 0 Å². The molecule has 1 unspecified atom stereocenters. The lowest BCUT2D eigenvalue weighted by atomic mass is 9.97. The normalized spacial score (nSPS) is 16.3. The molecule has 1 aliphatic heterocycles. The molecule has 170 valence electrons. The molecule has 4 aromatic rings. The summed E-state index contributed by atoms with van der Waals surface area (Å²) in [4.78, 5) is 36.7. The van der Waals surface area contributed by atoms with Gasteiger partial charge in [-0.05, 0) is 49.2 Å². The average molecular weight is 445 g/mol. The van der Waals surface area contributed by atoms with Crippen molar-refractivity contribution in [2.45, 2.75) is 25.3 Å². The van der Waals surface area contributed by atoms with Crippen LogP contribution in [0.2, 0.25) is 0 Å². The van der Waals surface area contributed by atoms with Crippen molar-refractivity contribution < 1.29 is 9.59 Å². The summed E-state index contributed by atoms with van der Waals surface area (Å²) >= 11 is 0. The minimum Gasteiger partial charge on any atom is -0.347 e. The Morgan fingerprint density at radius 2 is 2.03 bits per heavy atom. The molecule has 2 aromatic heterocycles. The quantitative estimate of drug-likeness (QED) is 0.499. The molecule has 2 aromatic carbocycles. The fourth-order valence-electron chi connectivity index (χ4n) is 4.46. The van der Waals surface area contributed by atoms with E-state index in [-0.39, 0.29) is 17.9 Å². The third-order valence-electron chi connectivity index (χ3n) is 6.33. The highest BCUT2D eigenvalue weighted by atomic mass is 16.2. The van der Waals surface area contributed by atoms with Crippen LogP contribution in [0.25, 0.3) is 21.9 Å². The number of aromatic nitrogens is 3. The van der Waals surface area contributed by atoms with E-state index in [9.17, 15) is 9.59 Å². The van der Waals surface area contributed by atoms with E-state index >= 15 is 0 Å². The third-order valence-corrected chi connectivity index (χ3v) is 6.33. The first-order valence-electron chi connectivity index (χ1n) is 11.3. The predicted molar refractivity (Wildman–Crippen MR) is 129 cm³/mol. The first kappa shape index (κ1) is 21.1. The number of nitrogens with zero attached hydrogens (tertiary/aromatic N) is 4. The van der Waals surface area contributed by atoms with Gasteiger partial charge in [0.1, 0.15) is 12.4 Å². The molecular formula is C25H28N6O2. The van der Waals surface area contributed by atoms with Crippen molar-refractivity contribution in [1.82, 2.24) is 24.3 Å². The number of urea groups is 1. The van der Waals surface area contributed by atoms with Crippen molar-refractivity contribution in [3.8, 4) is 0 Å². The summed E-state index contributed by atoms with van der Waals surface area (Å²) in [6.07, 6.45) is 3.85. The summed E-state index contributed by atoms with van der Waals surface area (Å²) < 4.78 is 1.92. The largest absolute Gasteiger partial charge is 0.347 e. The van der Waals surface area contributed by atoms with Crippen LogP contribution in [-0.4, -0.2) is 63.5 Å². The SMILES string of the molecule is CN(C)C(=O)Cn1ccc2cc(NC(=O)N3CCCC(c4nc5ccccc5[nH]4)C3)ccc21. The molecular weight excluding hydrogens is 416 g/mol. The molecule has 1 fully saturated rings. The molecule has 3 amide bonds. The lowest BCUT2D eigenvalue weighted by Crippen LogP contribution is -2.41. The van der Waals surface area contributed by atoms with Gasteiger partial charge in [0.05, 0.1) is 11.0 Å². The molecule has 0 bridgehead atoms. The average Bonchev–Trinajstić information content (AvgIpc) is 3.43. The number of hydrogen-bond acceptors (Lipinski definition) is 3. The highest BCUT2D eigenvalue weighted by Gasteiger charge is 2.27.